The fourth-order valence-electron chi connectivity index (χ4n) is 0.677. The molecule has 5 heteroatoms. The highest BCUT2D eigenvalue weighted by Crippen LogP contribution is 2.20. The summed E-state index contributed by atoms with van der Waals surface area (Å²) in [6.07, 6.45) is 0.0654. The molecule has 1 aromatic rings. The number of nitrogens with zero attached hydrogens (tertiary/aromatic N) is 1. The van der Waals surface area contributed by atoms with Gasteiger partial charge in [0.05, 0.1) is 5.69 Å². The van der Waals surface area contributed by atoms with Gasteiger partial charge in [0.25, 0.3) is 0 Å². The standard InChI is InChI=1S/C6H5ClNO2P/c7-6-3-1-2-5(8-6)4-11(9)10/h1-3H,4H2/p+1. The molecule has 0 spiro atoms. The molecule has 1 aromatic heterocycles. The summed E-state index contributed by atoms with van der Waals surface area (Å²) in [5.41, 5.74) is 0.543. The van der Waals surface area contributed by atoms with Gasteiger partial charge in [0.2, 0.25) is 6.16 Å². The first-order valence-electron chi connectivity index (χ1n) is 2.93. The van der Waals surface area contributed by atoms with Gasteiger partial charge in [-0.25, -0.2) is 4.98 Å². The van der Waals surface area contributed by atoms with Gasteiger partial charge in [-0.15, -0.1) is 0 Å². The minimum Gasteiger partial charge on any atom is -0.237 e. The van der Waals surface area contributed by atoms with Gasteiger partial charge < -0.3 is 0 Å². The number of hydrogen-bond acceptors (Lipinski definition) is 2. The van der Waals surface area contributed by atoms with Crippen LogP contribution in [-0.4, -0.2) is 9.88 Å². The molecule has 1 atom stereocenters. The lowest BCUT2D eigenvalue weighted by Crippen LogP contribution is -1.85. The van der Waals surface area contributed by atoms with Crippen LogP contribution in [0, 0.1) is 0 Å². The zero-order chi connectivity index (χ0) is 8.27. The van der Waals surface area contributed by atoms with E-state index >= 15 is 0 Å². The summed E-state index contributed by atoms with van der Waals surface area (Å²) in [6.45, 7) is 0. The van der Waals surface area contributed by atoms with Gasteiger partial charge in [-0.1, -0.05) is 17.7 Å². The summed E-state index contributed by atoms with van der Waals surface area (Å²) < 4.78 is 10.3. The van der Waals surface area contributed by atoms with Gasteiger partial charge in [0, 0.05) is 0 Å². The van der Waals surface area contributed by atoms with Crippen LogP contribution in [0.3, 0.4) is 0 Å². The molecule has 0 saturated carbocycles. The molecular formula is C6H6ClNO2P+. The third-order valence-electron chi connectivity index (χ3n) is 1.07. The molecule has 3 nitrogen and oxygen atoms in total. The smallest absolute Gasteiger partial charge is 0.237 e. The molecule has 0 bridgehead atoms. The topological polar surface area (TPSA) is 50.2 Å². The van der Waals surface area contributed by atoms with Gasteiger partial charge in [-0.05, 0) is 16.7 Å². The molecule has 1 heterocycles. The van der Waals surface area contributed by atoms with Crippen molar-refractivity contribution in [3.05, 3.63) is 29.0 Å². The average Bonchev–Trinajstić information content (AvgIpc) is 1.85. The van der Waals surface area contributed by atoms with Crippen LogP contribution in [0.2, 0.25) is 5.15 Å². The highest BCUT2D eigenvalue weighted by Gasteiger charge is 2.12. The van der Waals surface area contributed by atoms with Crippen LogP contribution < -0.4 is 0 Å². The largest absolute Gasteiger partial charge is 0.511 e. The Morgan fingerprint density at radius 1 is 1.64 bits per heavy atom. The van der Waals surface area contributed by atoms with E-state index in [1.165, 1.54) is 0 Å². The van der Waals surface area contributed by atoms with Crippen LogP contribution in [0.25, 0.3) is 0 Å². The molecule has 0 aliphatic heterocycles. The second-order valence-corrected chi connectivity index (χ2v) is 3.37. The summed E-state index contributed by atoms with van der Waals surface area (Å²) in [4.78, 5) is 12.4. The molecule has 1 unspecified atom stereocenters. The number of aromatic nitrogens is 1. The first kappa shape index (κ1) is 8.60. The Morgan fingerprint density at radius 3 is 2.91 bits per heavy atom. The SMILES string of the molecule is O=[P+](O)Cc1cccc(Cl)n1. The maximum atomic E-state index is 10.3. The summed E-state index contributed by atoms with van der Waals surface area (Å²) in [5, 5.41) is 0.347. The Labute approximate surface area is 69.9 Å². The normalized spacial score (nSPS) is 11.3. The maximum absolute atomic E-state index is 10.3. The summed E-state index contributed by atoms with van der Waals surface area (Å²) in [6, 6.07) is 4.98. The van der Waals surface area contributed by atoms with Gasteiger partial charge in [0.15, 0.2) is 0 Å². The lowest BCUT2D eigenvalue weighted by atomic mass is 10.4. The highest BCUT2D eigenvalue weighted by atomic mass is 35.5. The number of halogens is 1. The summed E-state index contributed by atoms with van der Waals surface area (Å²) in [7, 11) is -2.16. The van der Waals surface area contributed by atoms with E-state index in [4.69, 9.17) is 16.5 Å². The van der Waals surface area contributed by atoms with Crippen molar-refractivity contribution < 1.29 is 9.46 Å². The number of rotatable bonds is 2. The molecule has 11 heavy (non-hydrogen) atoms. The highest BCUT2D eigenvalue weighted by molar-refractivity contribution is 7.37. The second-order valence-electron chi connectivity index (χ2n) is 1.96. The van der Waals surface area contributed by atoms with Gasteiger partial charge in [-0.2, -0.15) is 4.89 Å². The van der Waals surface area contributed by atoms with E-state index in [2.05, 4.69) is 4.98 Å². The molecule has 0 radical (unpaired) electrons. The molecule has 58 valence electrons. The first-order chi connectivity index (χ1) is 5.18. The van der Waals surface area contributed by atoms with Crippen LogP contribution in [-0.2, 0) is 10.7 Å². The Bertz CT molecular complexity index is 279. The quantitative estimate of drug-likeness (QED) is 0.573. The van der Waals surface area contributed by atoms with Gasteiger partial charge in [0.1, 0.15) is 5.15 Å². The number of pyridine rings is 1. The molecule has 1 rings (SSSR count). The van der Waals surface area contributed by atoms with Crippen LogP contribution in [0.4, 0.5) is 0 Å². The molecular weight excluding hydrogens is 184 g/mol. The Morgan fingerprint density at radius 2 is 2.36 bits per heavy atom. The molecule has 0 aliphatic carbocycles. The first-order valence-corrected chi connectivity index (χ1v) is 4.71. The van der Waals surface area contributed by atoms with Crippen molar-refractivity contribution >= 4 is 19.6 Å². The van der Waals surface area contributed by atoms with Crippen molar-refractivity contribution in [2.75, 3.05) is 0 Å². The lowest BCUT2D eigenvalue weighted by molar-refractivity contribution is 0.501. The van der Waals surface area contributed by atoms with Crippen molar-refractivity contribution in [1.29, 1.82) is 0 Å². The fraction of sp³-hybridized carbons (Fsp3) is 0.167. The zero-order valence-corrected chi connectivity index (χ0v) is 7.22. The molecule has 0 amide bonds. The fourth-order valence-corrected chi connectivity index (χ4v) is 1.31. The average molecular weight is 191 g/mol. The molecule has 0 saturated heterocycles. The van der Waals surface area contributed by atoms with Crippen LogP contribution >= 0.6 is 19.6 Å². The van der Waals surface area contributed by atoms with E-state index in [-0.39, 0.29) is 6.16 Å². The minimum atomic E-state index is -2.16. The van der Waals surface area contributed by atoms with Crippen molar-refractivity contribution in [2.24, 2.45) is 0 Å². The molecule has 0 fully saturated rings. The maximum Gasteiger partial charge on any atom is 0.511 e. The monoisotopic (exact) mass is 190 g/mol. The Balaban J connectivity index is 2.79. The predicted octanol–water partition coefficient (Wildman–Crippen LogP) is 1.97. The predicted molar refractivity (Wildman–Crippen MR) is 42.8 cm³/mol. The van der Waals surface area contributed by atoms with Crippen molar-refractivity contribution in [2.45, 2.75) is 6.16 Å². The van der Waals surface area contributed by atoms with Crippen LogP contribution in [0.1, 0.15) is 5.69 Å². The van der Waals surface area contributed by atoms with E-state index in [1.807, 2.05) is 0 Å². The van der Waals surface area contributed by atoms with E-state index in [1.54, 1.807) is 18.2 Å². The third-order valence-corrected chi connectivity index (χ3v) is 1.88. The van der Waals surface area contributed by atoms with E-state index in [9.17, 15) is 4.57 Å². The molecule has 1 N–H and O–H groups in total. The summed E-state index contributed by atoms with van der Waals surface area (Å²) in [5.74, 6) is 0. The molecule has 0 aliphatic rings. The van der Waals surface area contributed by atoms with E-state index < -0.39 is 8.03 Å². The Hall–Kier alpha value is -0.500. The van der Waals surface area contributed by atoms with Gasteiger partial charge in [-0.3, -0.25) is 0 Å². The van der Waals surface area contributed by atoms with Crippen molar-refractivity contribution in [3.8, 4) is 0 Å². The zero-order valence-electron chi connectivity index (χ0n) is 5.57. The third kappa shape index (κ3) is 2.93. The summed E-state index contributed by atoms with van der Waals surface area (Å²) >= 11 is 5.54. The molecule has 0 aromatic carbocycles. The van der Waals surface area contributed by atoms with E-state index in [0.717, 1.165) is 0 Å². The van der Waals surface area contributed by atoms with E-state index in [0.29, 0.717) is 10.8 Å². The van der Waals surface area contributed by atoms with Crippen molar-refractivity contribution in [3.63, 3.8) is 0 Å². The minimum absolute atomic E-state index is 0.0654. The van der Waals surface area contributed by atoms with Crippen LogP contribution in [0.15, 0.2) is 18.2 Å². The van der Waals surface area contributed by atoms with Gasteiger partial charge >= 0.3 is 8.03 Å². The lowest BCUT2D eigenvalue weighted by Gasteiger charge is -1.89. The number of hydrogen-bond donors (Lipinski definition) is 1. The second kappa shape index (κ2) is 3.77. The Kier molecular flexibility index (Phi) is 2.94. The van der Waals surface area contributed by atoms with Crippen LogP contribution in [0.5, 0.6) is 0 Å². The van der Waals surface area contributed by atoms with Crippen molar-refractivity contribution in [1.82, 2.24) is 4.98 Å².